The van der Waals surface area contributed by atoms with Crippen LogP contribution in [-0.4, -0.2) is 18.5 Å². The van der Waals surface area contributed by atoms with Crippen molar-refractivity contribution in [3.63, 3.8) is 0 Å². The van der Waals surface area contributed by atoms with E-state index >= 15 is 0 Å². The number of anilines is 1. The fraction of sp³-hybridized carbons (Fsp3) is 0.200. The van der Waals surface area contributed by atoms with Crippen LogP contribution in [-0.2, 0) is 9.53 Å². The van der Waals surface area contributed by atoms with Crippen molar-refractivity contribution in [3.8, 4) is 0 Å². The number of amides is 1. The van der Waals surface area contributed by atoms with Crippen molar-refractivity contribution in [3.05, 3.63) is 42.0 Å². The van der Waals surface area contributed by atoms with Crippen LogP contribution in [0.2, 0.25) is 0 Å². The number of fused-ring (bicyclic) bond motifs is 1. The van der Waals surface area contributed by atoms with Crippen molar-refractivity contribution in [2.24, 2.45) is 0 Å². The second-order valence-corrected chi connectivity index (χ2v) is 4.14. The van der Waals surface area contributed by atoms with Crippen molar-refractivity contribution in [1.29, 1.82) is 0 Å². The van der Waals surface area contributed by atoms with E-state index in [4.69, 9.17) is 4.74 Å². The van der Waals surface area contributed by atoms with Crippen LogP contribution in [0.15, 0.2) is 36.4 Å². The normalized spacial score (nSPS) is 10.2. The monoisotopic (exact) mass is 257 g/mol. The minimum absolute atomic E-state index is 0.144. The number of carbonyl (C=O) groups is 2. The second-order valence-electron chi connectivity index (χ2n) is 4.14. The van der Waals surface area contributed by atoms with Crippen LogP contribution in [0.5, 0.6) is 0 Å². The Morgan fingerprint density at radius 2 is 2.00 bits per heavy atom. The molecule has 2 rings (SSSR count). The van der Waals surface area contributed by atoms with Crippen LogP contribution in [0.1, 0.15) is 24.2 Å². The summed E-state index contributed by atoms with van der Waals surface area (Å²) in [4.78, 5) is 22.9. The Hall–Kier alpha value is -2.36. The molecule has 0 aliphatic rings. The summed E-state index contributed by atoms with van der Waals surface area (Å²) in [6.07, 6.45) is 0. The molecule has 0 aliphatic carbocycles. The summed E-state index contributed by atoms with van der Waals surface area (Å²) in [6.45, 7) is 3.56. The predicted octanol–water partition coefficient (Wildman–Crippen LogP) is 2.97. The maximum Gasteiger partial charge on any atom is 0.338 e. The first-order chi connectivity index (χ1) is 9.11. The molecule has 0 aliphatic heterocycles. The third-order valence-electron chi connectivity index (χ3n) is 2.70. The van der Waals surface area contributed by atoms with E-state index in [2.05, 4.69) is 5.32 Å². The lowest BCUT2D eigenvalue weighted by atomic mass is 10.1. The molecular weight excluding hydrogens is 242 g/mol. The molecule has 0 saturated heterocycles. The Bertz CT molecular complexity index is 634. The van der Waals surface area contributed by atoms with Gasteiger partial charge in [-0.25, -0.2) is 4.79 Å². The maximum atomic E-state index is 11.7. The lowest BCUT2D eigenvalue weighted by Crippen LogP contribution is -2.07. The zero-order valence-corrected chi connectivity index (χ0v) is 10.9. The van der Waals surface area contributed by atoms with E-state index in [0.29, 0.717) is 17.9 Å². The summed E-state index contributed by atoms with van der Waals surface area (Å²) >= 11 is 0. The standard InChI is InChI=1S/C15H15NO3/c1-3-19-15(18)12-8-7-11-5-4-6-14(13(11)9-12)16-10(2)17/h4-9H,3H2,1-2H3,(H,16,17). The van der Waals surface area contributed by atoms with E-state index < -0.39 is 0 Å². The lowest BCUT2D eigenvalue weighted by Gasteiger charge is -2.08. The van der Waals surface area contributed by atoms with Gasteiger partial charge in [0.2, 0.25) is 5.91 Å². The molecule has 0 unspecified atom stereocenters. The minimum Gasteiger partial charge on any atom is -0.462 e. The van der Waals surface area contributed by atoms with Crippen LogP contribution in [0.3, 0.4) is 0 Å². The first-order valence-electron chi connectivity index (χ1n) is 6.09. The molecular formula is C15H15NO3. The molecule has 1 N–H and O–H groups in total. The number of nitrogens with one attached hydrogen (secondary N) is 1. The molecule has 4 heteroatoms. The maximum absolute atomic E-state index is 11.7. The van der Waals surface area contributed by atoms with Crippen LogP contribution in [0.25, 0.3) is 10.8 Å². The zero-order valence-electron chi connectivity index (χ0n) is 10.9. The van der Waals surface area contributed by atoms with E-state index in [-0.39, 0.29) is 11.9 Å². The zero-order chi connectivity index (χ0) is 13.8. The summed E-state index contributed by atoms with van der Waals surface area (Å²) in [5.74, 6) is -0.504. The van der Waals surface area contributed by atoms with Gasteiger partial charge in [0, 0.05) is 18.0 Å². The summed E-state index contributed by atoms with van der Waals surface area (Å²) in [5, 5.41) is 4.54. The third-order valence-corrected chi connectivity index (χ3v) is 2.70. The fourth-order valence-corrected chi connectivity index (χ4v) is 1.91. The highest BCUT2D eigenvalue weighted by atomic mass is 16.5. The molecule has 0 radical (unpaired) electrons. The average Bonchev–Trinajstić information content (AvgIpc) is 2.38. The van der Waals surface area contributed by atoms with Gasteiger partial charge in [-0.15, -0.1) is 0 Å². The Balaban J connectivity index is 2.50. The van der Waals surface area contributed by atoms with Crippen LogP contribution in [0.4, 0.5) is 5.69 Å². The van der Waals surface area contributed by atoms with E-state index in [1.165, 1.54) is 6.92 Å². The number of esters is 1. The molecule has 0 fully saturated rings. The number of carbonyl (C=O) groups excluding carboxylic acids is 2. The van der Waals surface area contributed by atoms with Gasteiger partial charge >= 0.3 is 5.97 Å². The Morgan fingerprint density at radius 1 is 1.21 bits per heavy atom. The largest absolute Gasteiger partial charge is 0.462 e. The van der Waals surface area contributed by atoms with Crippen molar-refractivity contribution in [2.45, 2.75) is 13.8 Å². The number of ether oxygens (including phenoxy) is 1. The van der Waals surface area contributed by atoms with Gasteiger partial charge in [-0.05, 0) is 30.5 Å². The van der Waals surface area contributed by atoms with Gasteiger partial charge in [-0.3, -0.25) is 4.79 Å². The molecule has 1 amide bonds. The highest BCUT2D eigenvalue weighted by Gasteiger charge is 2.09. The Labute approximate surface area is 111 Å². The first-order valence-corrected chi connectivity index (χ1v) is 6.09. The van der Waals surface area contributed by atoms with Crippen molar-refractivity contribution < 1.29 is 14.3 Å². The summed E-state index contributed by atoms with van der Waals surface area (Å²) in [7, 11) is 0. The van der Waals surface area contributed by atoms with E-state index in [0.717, 1.165) is 10.8 Å². The van der Waals surface area contributed by atoms with Gasteiger partial charge in [0.1, 0.15) is 0 Å². The molecule has 4 nitrogen and oxygen atoms in total. The second kappa shape index (κ2) is 5.52. The fourth-order valence-electron chi connectivity index (χ4n) is 1.91. The number of hydrogen-bond donors (Lipinski definition) is 1. The van der Waals surface area contributed by atoms with Crippen LogP contribution in [0, 0.1) is 0 Å². The highest BCUT2D eigenvalue weighted by molar-refractivity contribution is 6.04. The van der Waals surface area contributed by atoms with E-state index in [1.54, 1.807) is 25.1 Å². The molecule has 0 spiro atoms. The molecule has 0 atom stereocenters. The summed E-state index contributed by atoms with van der Waals surface area (Å²) < 4.78 is 4.97. The Morgan fingerprint density at radius 3 is 2.68 bits per heavy atom. The molecule has 0 aromatic heterocycles. The summed E-state index contributed by atoms with van der Waals surface area (Å²) in [5.41, 5.74) is 1.17. The number of hydrogen-bond acceptors (Lipinski definition) is 3. The van der Waals surface area contributed by atoms with Gasteiger partial charge in [-0.2, -0.15) is 0 Å². The highest BCUT2D eigenvalue weighted by Crippen LogP contribution is 2.25. The van der Waals surface area contributed by atoms with Gasteiger partial charge < -0.3 is 10.1 Å². The molecule has 98 valence electrons. The topological polar surface area (TPSA) is 55.4 Å². The van der Waals surface area contributed by atoms with E-state index in [1.807, 2.05) is 18.2 Å². The van der Waals surface area contributed by atoms with Gasteiger partial charge in [0.15, 0.2) is 0 Å². The first kappa shape index (κ1) is 13.1. The molecule has 0 bridgehead atoms. The minimum atomic E-state index is -0.359. The van der Waals surface area contributed by atoms with Gasteiger partial charge in [-0.1, -0.05) is 18.2 Å². The SMILES string of the molecule is CCOC(=O)c1ccc2cccc(NC(C)=O)c2c1. The number of benzene rings is 2. The Kier molecular flexibility index (Phi) is 3.80. The van der Waals surface area contributed by atoms with Crippen molar-refractivity contribution in [2.75, 3.05) is 11.9 Å². The van der Waals surface area contributed by atoms with E-state index in [9.17, 15) is 9.59 Å². The quantitative estimate of drug-likeness (QED) is 0.860. The van der Waals surface area contributed by atoms with Crippen LogP contribution < -0.4 is 5.32 Å². The predicted molar refractivity (Wildman–Crippen MR) is 74.2 cm³/mol. The molecule has 0 heterocycles. The van der Waals surface area contributed by atoms with Gasteiger partial charge in [0.25, 0.3) is 0 Å². The van der Waals surface area contributed by atoms with Gasteiger partial charge in [0.05, 0.1) is 12.2 Å². The third kappa shape index (κ3) is 2.91. The average molecular weight is 257 g/mol. The molecule has 2 aromatic rings. The van der Waals surface area contributed by atoms with Crippen LogP contribution >= 0.6 is 0 Å². The number of rotatable bonds is 3. The summed E-state index contributed by atoms with van der Waals surface area (Å²) in [6, 6.07) is 10.9. The lowest BCUT2D eigenvalue weighted by molar-refractivity contribution is -0.114. The molecule has 19 heavy (non-hydrogen) atoms. The van der Waals surface area contributed by atoms with Crippen molar-refractivity contribution >= 4 is 28.3 Å². The molecule has 2 aromatic carbocycles. The molecule has 0 saturated carbocycles. The van der Waals surface area contributed by atoms with Crippen molar-refractivity contribution in [1.82, 2.24) is 0 Å². The smallest absolute Gasteiger partial charge is 0.338 e.